The number of nitrogens with two attached hydrogens (primary N) is 2. The van der Waals surface area contributed by atoms with Crippen molar-refractivity contribution in [3.05, 3.63) is 42.2 Å². The number of hydrazine groups is 1. The van der Waals surface area contributed by atoms with Gasteiger partial charge in [-0.3, -0.25) is 4.79 Å². The number of anilines is 2. The number of nitrogens with zero attached hydrogens (tertiary/aromatic N) is 4. The summed E-state index contributed by atoms with van der Waals surface area (Å²) in [5.74, 6) is 5.62. The number of carbonyl (C=O) groups is 1. The van der Waals surface area contributed by atoms with E-state index in [-0.39, 0.29) is 16.5 Å². The molecule has 1 atom stereocenters. The third kappa shape index (κ3) is 3.14. The summed E-state index contributed by atoms with van der Waals surface area (Å²) in [5, 5.41) is 9.43. The Morgan fingerprint density at radius 1 is 1.16 bits per heavy atom. The van der Waals surface area contributed by atoms with Crippen LogP contribution in [0.25, 0.3) is 11.0 Å². The number of carbonyl (C=O) groups excluding carboxylic acids is 1. The molecule has 168 valence electrons. The van der Waals surface area contributed by atoms with Crippen molar-refractivity contribution in [2.45, 2.75) is 48.8 Å². The normalized spacial score (nSPS) is 20.5. The predicted molar refractivity (Wildman–Crippen MR) is 115 cm³/mol. The van der Waals surface area contributed by atoms with Crippen molar-refractivity contribution in [1.82, 2.24) is 19.5 Å². The van der Waals surface area contributed by atoms with Gasteiger partial charge < -0.3 is 9.88 Å². The second-order valence-corrected chi connectivity index (χ2v) is 9.77. The minimum atomic E-state index is -3.80. The lowest BCUT2D eigenvalue weighted by Gasteiger charge is -2.45. The van der Waals surface area contributed by atoms with Crippen LogP contribution in [0.1, 0.15) is 44.1 Å². The number of amides is 1. The number of aromatic nitrogens is 3. The summed E-state index contributed by atoms with van der Waals surface area (Å²) in [6, 6.07) is 7.45. The Morgan fingerprint density at radius 2 is 1.84 bits per heavy atom. The SMILES string of the molecule is NN1C(=O)C2(CCCCC2)n2c(cc3cnc(Nc4ccc(S(N)(=O)=O)cc4)nc32)C1F. The average molecular weight is 460 g/mol. The molecule has 10 nitrogen and oxygen atoms in total. The van der Waals surface area contributed by atoms with Gasteiger partial charge in [0.05, 0.1) is 10.6 Å². The molecule has 1 spiro atoms. The van der Waals surface area contributed by atoms with E-state index in [1.54, 1.807) is 16.8 Å². The van der Waals surface area contributed by atoms with Gasteiger partial charge in [-0.15, -0.1) is 0 Å². The molecule has 3 heterocycles. The lowest BCUT2D eigenvalue weighted by Crippen LogP contribution is -2.59. The van der Waals surface area contributed by atoms with Gasteiger partial charge in [0, 0.05) is 17.3 Å². The van der Waals surface area contributed by atoms with Gasteiger partial charge in [0.2, 0.25) is 22.3 Å². The molecule has 0 bridgehead atoms. The lowest BCUT2D eigenvalue weighted by atomic mass is 9.79. The number of alkyl halides is 1. The fraction of sp³-hybridized carbons (Fsp3) is 0.350. The van der Waals surface area contributed by atoms with E-state index in [0.29, 0.717) is 34.6 Å². The number of halogens is 1. The largest absolute Gasteiger partial charge is 0.324 e. The van der Waals surface area contributed by atoms with Crippen molar-refractivity contribution in [3.8, 4) is 0 Å². The number of fused-ring (bicyclic) bond motifs is 4. The number of primary sulfonamides is 1. The van der Waals surface area contributed by atoms with Crippen LogP contribution in [0.5, 0.6) is 0 Å². The highest BCUT2D eigenvalue weighted by Crippen LogP contribution is 2.46. The number of sulfonamides is 1. The van der Waals surface area contributed by atoms with Gasteiger partial charge in [0.15, 0.2) is 0 Å². The van der Waals surface area contributed by atoms with Crippen molar-refractivity contribution in [2.75, 3.05) is 5.32 Å². The summed E-state index contributed by atoms with van der Waals surface area (Å²) in [7, 11) is -3.80. The Kier molecular flexibility index (Phi) is 4.69. The van der Waals surface area contributed by atoms with Crippen LogP contribution in [0.3, 0.4) is 0 Å². The van der Waals surface area contributed by atoms with Crippen LogP contribution in [0.2, 0.25) is 0 Å². The van der Waals surface area contributed by atoms with Crippen molar-refractivity contribution in [3.63, 3.8) is 0 Å². The topological polar surface area (TPSA) is 149 Å². The molecule has 5 N–H and O–H groups in total. The molecular formula is C20H22FN7O3S. The van der Waals surface area contributed by atoms with Crippen LogP contribution in [-0.4, -0.2) is 33.9 Å². The van der Waals surface area contributed by atoms with Gasteiger partial charge in [-0.2, -0.15) is 4.98 Å². The van der Waals surface area contributed by atoms with E-state index >= 15 is 4.39 Å². The lowest BCUT2D eigenvalue weighted by molar-refractivity contribution is -0.155. The molecule has 1 saturated carbocycles. The Morgan fingerprint density at radius 3 is 2.50 bits per heavy atom. The molecule has 1 unspecified atom stereocenters. The highest BCUT2D eigenvalue weighted by molar-refractivity contribution is 7.89. The molecule has 2 aliphatic rings. The van der Waals surface area contributed by atoms with Crippen LogP contribution in [0.15, 0.2) is 41.4 Å². The zero-order valence-electron chi connectivity index (χ0n) is 17.0. The zero-order valence-corrected chi connectivity index (χ0v) is 17.8. The molecule has 1 aliphatic heterocycles. The van der Waals surface area contributed by atoms with E-state index in [0.717, 1.165) is 19.3 Å². The minimum Gasteiger partial charge on any atom is -0.324 e. The fourth-order valence-electron chi connectivity index (χ4n) is 4.71. The standard InChI is InChI=1S/C20H22FN7O3S/c21-16-15-10-12-11-24-19(25-13-4-6-14(7-5-13)32(23,30)31)26-17(12)27(15)20(18(29)28(16)22)8-2-1-3-9-20/h4-7,10-11,16H,1-3,8-9,22H2,(H2,23,30,31)(H,24,25,26). The second kappa shape index (κ2) is 7.22. The summed E-state index contributed by atoms with van der Waals surface area (Å²) in [4.78, 5) is 22.0. The summed E-state index contributed by atoms with van der Waals surface area (Å²) in [6.07, 6.45) is 3.58. The van der Waals surface area contributed by atoms with Gasteiger partial charge in [-0.05, 0) is 43.2 Å². The number of nitrogens with one attached hydrogen (secondary N) is 1. The molecule has 12 heteroatoms. The highest BCUT2D eigenvalue weighted by Gasteiger charge is 2.51. The van der Waals surface area contributed by atoms with E-state index in [1.165, 1.54) is 24.3 Å². The van der Waals surface area contributed by atoms with Crippen LogP contribution >= 0.6 is 0 Å². The first kappa shape index (κ1) is 20.8. The number of rotatable bonds is 3. The van der Waals surface area contributed by atoms with Crippen molar-refractivity contribution < 1.29 is 17.6 Å². The number of benzene rings is 1. The molecule has 1 amide bonds. The van der Waals surface area contributed by atoms with Crippen molar-refractivity contribution >= 4 is 38.6 Å². The molecule has 2 aromatic heterocycles. The third-order valence-corrected chi connectivity index (χ3v) is 7.17. The van der Waals surface area contributed by atoms with Crippen molar-refractivity contribution in [2.24, 2.45) is 11.0 Å². The maximum atomic E-state index is 15.0. The van der Waals surface area contributed by atoms with Gasteiger partial charge in [0.1, 0.15) is 11.2 Å². The fourth-order valence-corrected chi connectivity index (χ4v) is 5.22. The quantitative estimate of drug-likeness (QED) is 0.309. The average Bonchev–Trinajstić information content (AvgIpc) is 3.16. The smallest absolute Gasteiger partial charge is 0.265 e. The van der Waals surface area contributed by atoms with Gasteiger partial charge in [-0.25, -0.2) is 33.8 Å². The minimum absolute atomic E-state index is 0.0156. The molecule has 32 heavy (non-hydrogen) atoms. The maximum Gasteiger partial charge on any atom is 0.265 e. The van der Waals surface area contributed by atoms with Crippen LogP contribution < -0.4 is 16.3 Å². The number of hydrogen-bond acceptors (Lipinski definition) is 7. The summed E-state index contributed by atoms with van der Waals surface area (Å²) < 4.78 is 39.6. The van der Waals surface area contributed by atoms with E-state index in [9.17, 15) is 13.2 Å². The number of hydrogen-bond donors (Lipinski definition) is 3. The highest BCUT2D eigenvalue weighted by atomic mass is 32.2. The molecule has 0 radical (unpaired) electrons. The first-order valence-electron chi connectivity index (χ1n) is 10.2. The van der Waals surface area contributed by atoms with Crippen LogP contribution in [-0.2, 0) is 20.4 Å². The molecular weight excluding hydrogens is 437 g/mol. The van der Waals surface area contributed by atoms with E-state index in [4.69, 9.17) is 11.0 Å². The molecule has 5 rings (SSSR count). The van der Waals surface area contributed by atoms with Crippen LogP contribution in [0.4, 0.5) is 16.0 Å². The summed E-state index contributed by atoms with van der Waals surface area (Å²) in [5.41, 5.74) is 0.315. The predicted octanol–water partition coefficient (Wildman–Crippen LogP) is 2.17. The van der Waals surface area contributed by atoms with Crippen molar-refractivity contribution in [1.29, 1.82) is 0 Å². The molecule has 1 fully saturated rings. The molecule has 1 aromatic carbocycles. The molecule has 3 aromatic rings. The van der Waals surface area contributed by atoms with Gasteiger partial charge in [-0.1, -0.05) is 19.3 Å². The summed E-state index contributed by atoms with van der Waals surface area (Å²) in [6.45, 7) is 0. The Balaban J connectivity index is 1.59. The zero-order chi connectivity index (χ0) is 22.7. The Bertz CT molecular complexity index is 1320. The third-order valence-electron chi connectivity index (χ3n) is 6.24. The Labute approximate surface area is 183 Å². The van der Waals surface area contributed by atoms with E-state index < -0.39 is 27.8 Å². The van der Waals surface area contributed by atoms with E-state index in [2.05, 4.69) is 15.3 Å². The monoisotopic (exact) mass is 459 g/mol. The Hall–Kier alpha value is -3.09. The first-order valence-corrected chi connectivity index (χ1v) is 11.8. The maximum absolute atomic E-state index is 15.0. The van der Waals surface area contributed by atoms with E-state index in [1.807, 2.05) is 0 Å². The van der Waals surface area contributed by atoms with Gasteiger partial charge in [0.25, 0.3) is 5.91 Å². The second-order valence-electron chi connectivity index (χ2n) is 8.21. The summed E-state index contributed by atoms with van der Waals surface area (Å²) >= 11 is 0. The molecule has 0 saturated heterocycles. The first-order chi connectivity index (χ1) is 15.2. The van der Waals surface area contributed by atoms with Gasteiger partial charge >= 0.3 is 0 Å². The van der Waals surface area contributed by atoms with Crippen LogP contribution in [0, 0.1) is 0 Å². The molecule has 1 aliphatic carbocycles.